The quantitative estimate of drug-likeness (QED) is 0.858. The number of aryl methyl sites for hydroxylation is 2. The van der Waals surface area contributed by atoms with Crippen LogP contribution in [-0.4, -0.2) is 16.3 Å². The van der Waals surface area contributed by atoms with E-state index in [9.17, 15) is 0 Å². The Morgan fingerprint density at radius 3 is 2.61 bits per heavy atom. The third kappa shape index (κ3) is 2.72. The minimum Gasteiger partial charge on any atom is -0.311 e. The fourth-order valence-corrected chi connectivity index (χ4v) is 2.96. The average molecular weight is 270 g/mol. The molecule has 4 heteroatoms. The van der Waals surface area contributed by atoms with Crippen LogP contribution in [0.15, 0.2) is 0 Å². The monoisotopic (exact) mass is 269 g/mol. The van der Waals surface area contributed by atoms with Gasteiger partial charge in [0.25, 0.3) is 0 Å². The maximum Gasteiger partial charge on any atom is 0.0863 e. The van der Waals surface area contributed by atoms with E-state index in [4.69, 9.17) is 11.6 Å². The van der Waals surface area contributed by atoms with Gasteiger partial charge in [-0.15, -0.1) is 0 Å². The summed E-state index contributed by atoms with van der Waals surface area (Å²) in [5.74, 6) is 0. The summed E-state index contributed by atoms with van der Waals surface area (Å²) < 4.78 is 2.03. The Bertz CT molecular complexity index is 407. The fourth-order valence-electron chi connectivity index (χ4n) is 2.63. The van der Waals surface area contributed by atoms with Gasteiger partial charge in [-0.2, -0.15) is 5.10 Å². The minimum absolute atomic E-state index is 0.511. The molecule has 0 saturated heterocycles. The van der Waals surface area contributed by atoms with E-state index in [1.807, 2.05) is 4.68 Å². The number of aromatic nitrogens is 2. The average Bonchev–Trinajstić information content (AvgIpc) is 2.64. The second-order valence-electron chi connectivity index (χ2n) is 5.64. The first kappa shape index (κ1) is 13.9. The summed E-state index contributed by atoms with van der Waals surface area (Å²) in [5, 5.41) is 8.94. The molecule has 1 saturated carbocycles. The molecule has 0 aliphatic heterocycles. The van der Waals surface area contributed by atoms with Crippen LogP contribution in [-0.2, 0) is 19.5 Å². The van der Waals surface area contributed by atoms with Gasteiger partial charge in [0.2, 0.25) is 0 Å². The van der Waals surface area contributed by atoms with Crippen molar-refractivity contribution in [3.63, 3.8) is 0 Å². The molecule has 1 fully saturated rings. The van der Waals surface area contributed by atoms with Crippen molar-refractivity contribution in [2.75, 3.05) is 6.54 Å². The van der Waals surface area contributed by atoms with Gasteiger partial charge in [-0.05, 0) is 31.6 Å². The molecule has 0 atom stereocenters. The van der Waals surface area contributed by atoms with E-state index in [0.29, 0.717) is 5.41 Å². The van der Waals surface area contributed by atoms with Crippen LogP contribution in [0.3, 0.4) is 0 Å². The van der Waals surface area contributed by atoms with Gasteiger partial charge in [0.05, 0.1) is 16.4 Å². The highest BCUT2D eigenvalue weighted by Crippen LogP contribution is 2.39. The second kappa shape index (κ2) is 5.62. The molecule has 0 bridgehead atoms. The Morgan fingerprint density at radius 2 is 2.11 bits per heavy atom. The third-order valence-electron chi connectivity index (χ3n) is 4.10. The lowest BCUT2D eigenvalue weighted by atomic mass is 9.70. The Kier molecular flexibility index (Phi) is 4.33. The lowest BCUT2D eigenvalue weighted by Gasteiger charge is -2.38. The summed E-state index contributed by atoms with van der Waals surface area (Å²) in [4.78, 5) is 0. The van der Waals surface area contributed by atoms with Gasteiger partial charge in [-0.3, -0.25) is 4.68 Å². The molecule has 0 spiro atoms. The largest absolute Gasteiger partial charge is 0.311 e. The molecule has 3 nitrogen and oxygen atoms in total. The highest BCUT2D eigenvalue weighted by atomic mass is 35.5. The molecule has 0 unspecified atom stereocenters. The van der Waals surface area contributed by atoms with E-state index in [1.165, 1.54) is 19.3 Å². The Morgan fingerprint density at radius 1 is 1.39 bits per heavy atom. The van der Waals surface area contributed by atoms with Crippen molar-refractivity contribution in [1.29, 1.82) is 0 Å². The molecule has 102 valence electrons. The van der Waals surface area contributed by atoms with Gasteiger partial charge in [0.1, 0.15) is 0 Å². The molecule has 18 heavy (non-hydrogen) atoms. The van der Waals surface area contributed by atoms with Crippen molar-refractivity contribution in [1.82, 2.24) is 15.1 Å². The van der Waals surface area contributed by atoms with Gasteiger partial charge in [0.15, 0.2) is 0 Å². The van der Waals surface area contributed by atoms with Crippen molar-refractivity contribution < 1.29 is 0 Å². The summed E-state index contributed by atoms with van der Waals surface area (Å²) in [6, 6.07) is 0. The summed E-state index contributed by atoms with van der Waals surface area (Å²) in [6.07, 6.45) is 4.98. The van der Waals surface area contributed by atoms with E-state index in [2.05, 4.69) is 31.2 Å². The molecule has 1 aliphatic carbocycles. The summed E-state index contributed by atoms with van der Waals surface area (Å²) in [6.45, 7) is 9.36. The number of nitrogens with one attached hydrogen (secondary N) is 1. The van der Waals surface area contributed by atoms with E-state index < -0.39 is 0 Å². The molecular weight excluding hydrogens is 246 g/mol. The number of rotatable bonds is 6. The van der Waals surface area contributed by atoms with Gasteiger partial charge in [0, 0.05) is 19.6 Å². The standard InChI is InChI=1S/C14H24ClN3/c1-4-11-13(15)12(18(5-2)17-11)9-16-10-14(3)7-6-8-14/h16H,4-10H2,1-3H3. The van der Waals surface area contributed by atoms with E-state index >= 15 is 0 Å². The van der Waals surface area contributed by atoms with Crippen LogP contribution in [0.2, 0.25) is 5.02 Å². The first-order valence-corrected chi connectivity index (χ1v) is 7.42. The number of nitrogens with zero attached hydrogens (tertiary/aromatic N) is 2. The maximum atomic E-state index is 6.38. The van der Waals surface area contributed by atoms with Crippen LogP contribution in [0, 0.1) is 5.41 Å². The number of hydrogen-bond donors (Lipinski definition) is 1. The lowest BCUT2D eigenvalue weighted by molar-refractivity contribution is 0.156. The second-order valence-corrected chi connectivity index (χ2v) is 6.02. The van der Waals surface area contributed by atoms with E-state index in [-0.39, 0.29) is 0 Å². The molecule has 1 aromatic heterocycles. The van der Waals surface area contributed by atoms with Crippen LogP contribution >= 0.6 is 11.6 Å². The first-order valence-electron chi connectivity index (χ1n) is 7.04. The van der Waals surface area contributed by atoms with E-state index in [1.54, 1.807) is 0 Å². The highest BCUT2D eigenvalue weighted by Gasteiger charge is 2.31. The maximum absolute atomic E-state index is 6.38. The summed E-state index contributed by atoms with van der Waals surface area (Å²) >= 11 is 6.38. The number of hydrogen-bond acceptors (Lipinski definition) is 2. The highest BCUT2D eigenvalue weighted by molar-refractivity contribution is 6.31. The predicted octanol–water partition coefficient (Wildman–Crippen LogP) is 3.40. The van der Waals surface area contributed by atoms with Crippen molar-refractivity contribution in [2.24, 2.45) is 5.41 Å². The van der Waals surface area contributed by atoms with Crippen molar-refractivity contribution in [3.8, 4) is 0 Å². The molecule has 0 aromatic carbocycles. The molecule has 0 amide bonds. The van der Waals surface area contributed by atoms with Crippen molar-refractivity contribution in [3.05, 3.63) is 16.4 Å². The topological polar surface area (TPSA) is 29.9 Å². The zero-order chi connectivity index (χ0) is 13.2. The van der Waals surface area contributed by atoms with Crippen LogP contribution in [0.4, 0.5) is 0 Å². The van der Waals surface area contributed by atoms with Gasteiger partial charge >= 0.3 is 0 Å². The molecule has 2 rings (SSSR count). The third-order valence-corrected chi connectivity index (χ3v) is 4.54. The van der Waals surface area contributed by atoms with Gasteiger partial charge < -0.3 is 5.32 Å². The summed E-state index contributed by atoms with van der Waals surface area (Å²) in [5.41, 5.74) is 2.67. The van der Waals surface area contributed by atoms with Crippen LogP contribution < -0.4 is 5.32 Å². The molecule has 0 radical (unpaired) electrons. The SMILES string of the molecule is CCc1nn(CC)c(CNCC2(C)CCC2)c1Cl. The normalized spacial score (nSPS) is 17.8. The Labute approximate surface area is 115 Å². The number of halogens is 1. The smallest absolute Gasteiger partial charge is 0.0863 e. The van der Waals surface area contributed by atoms with Crippen LogP contribution in [0.1, 0.15) is 51.4 Å². The fraction of sp³-hybridized carbons (Fsp3) is 0.786. The molecule has 1 N–H and O–H groups in total. The zero-order valence-corrected chi connectivity index (χ0v) is 12.5. The van der Waals surface area contributed by atoms with Crippen molar-refractivity contribution >= 4 is 11.6 Å². The van der Waals surface area contributed by atoms with Gasteiger partial charge in [-0.1, -0.05) is 31.9 Å². The molecule has 1 heterocycles. The summed E-state index contributed by atoms with van der Waals surface area (Å²) in [7, 11) is 0. The van der Waals surface area contributed by atoms with Crippen LogP contribution in [0.5, 0.6) is 0 Å². The molecule has 1 aliphatic rings. The lowest BCUT2D eigenvalue weighted by Crippen LogP contribution is -2.37. The van der Waals surface area contributed by atoms with Crippen molar-refractivity contribution in [2.45, 2.75) is 59.5 Å². The first-order chi connectivity index (χ1) is 8.59. The molecular formula is C14H24ClN3. The predicted molar refractivity (Wildman–Crippen MR) is 76.0 cm³/mol. The van der Waals surface area contributed by atoms with Crippen LogP contribution in [0.25, 0.3) is 0 Å². The molecule has 1 aromatic rings. The minimum atomic E-state index is 0.511. The zero-order valence-electron chi connectivity index (χ0n) is 11.7. The van der Waals surface area contributed by atoms with Gasteiger partial charge in [-0.25, -0.2) is 0 Å². The Balaban J connectivity index is 1.97. The van der Waals surface area contributed by atoms with E-state index in [0.717, 1.165) is 42.5 Å². The Hall–Kier alpha value is -0.540.